The first-order valence-electron chi connectivity index (χ1n) is 8.93. The van der Waals surface area contributed by atoms with E-state index < -0.39 is 0 Å². The zero-order chi connectivity index (χ0) is 17.2. The number of aromatic nitrogens is 2. The lowest BCUT2D eigenvalue weighted by atomic mass is 9.88. The Morgan fingerprint density at radius 3 is 2.68 bits per heavy atom. The summed E-state index contributed by atoms with van der Waals surface area (Å²) in [6.45, 7) is 3.33. The smallest absolute Gasteiger partial charge is 0.226 e. The van der Waals surface area contributed by atoms with E-state index in [0.29, 0.717) is 5.91 Å². The molecular weight excluding hydrogens is 316 g/mol. The average Bonchev–Trinajstić information content (AvgIpc) is 3.15. The molecule has 0 spiro atoms. The highest BCUT2D eigenvalue weighted by Gasteiger charge is 2.31. The minimum atomic E-state index is 0.0977. The molecule has 6 nitrogen and oxygen atoms in total. The standard InChI is InChI=1S/C19H24N4O2/c1-25-16-5-3-15(4-6-16)22-8-10-23(11-9-22)19(24)14-2-7-17-18(12-14)21-13-20-17/h3-6,13-14H,2,7-12H2,1H3,(H,20,21). The maximum atomic E-state index is 12.9. The first-order valence-corrected chi connectivity index (χ1v) is 8.93. The summed E-state index contributed by atoms with van der Waals surface area (Å²) >= 11 is 0. The molecule has 1 aliphatic carbocycles. The Morgan fingerprint density at radius 1 is 1.20 bits per heavy atom. The van der Waals surface area contributed by atoms with Crippen LogP contribution in [0, 0.1) is 5.92 Å². The third-order valence-corrected chi connectivity index (χ3v) is 5.37. The lowest BCUT2D eigenvalue weighted by molar-refractivity contribution is -0.136. The lowest BCUT2D eigenvalue weighted by Gasteiger charge is -2.38. The average molecular weight is 340 g/mol. The van der Waals surface area contributed by atoms with Crippen molar-refractivity contribution in [3.8, 4) is 5.75 Å². The Bertz CT molecular complexity index is 732. The lowest BCUT2D eigenvalue weighted by Crippen LogP contribution is -2.51. The normalized spacial score (nSPS) is 20.3. The van der Waals surface area contributed by atoms with Crippen molar-refractivity contribution in [1.82, 2.24) is 14.9 Å². The van der Waals surface area contributed by atoms with Gasteiger partial charge in [-0.05, 0) is 37.1 Å². The number of hydrogen-bond acceptors (Lipinski definition) is 4. The number of nitrogens with zero attached hydrogens (tertiary/aromatic N) is 3. The van der Waals surface area contributed by atoms with E-state index in [9.17, 15) is 4.79 Å². The van der Waals surface area contributed by atoms with Gasteiger partial charge in [0.15, 0.2) is 0 Å². The molecule has 132 valence electrons. The molecule has 0 radical (unpaired) electrons. The van der Waals surface area contributed by atoms with E-state index in [1.807, 2.05) is 17.0 Å². The Hall–Kier alpha value is -2.50. The first kappa shape index (κ1) is 16.0. The van der Waals surface area contributed by atoms with Crippen molar-refractivity contribution >= 4 is 11.6 Å². The topological polar surface area (TPSA) is 61.5 Å². The van der Waals surface area contributed by atoms with Gasteiger partial charge < -0.3 is 19.5 Å². The molecule has 1 aliphatic heterocycles. The van der Waals surface area contributed by atoms with Crippen molar-refractivity contribution < 1.29 is 9.53 Å². The highest BCUT2D eigenvalue weighted by atomic mass is 16.5. The van der Waals surface area contributed by atoms with E-state index in [2.05, 4.69) is 27.0 Å². The Morgan fingerprint density at radius 2 is 1.96 bits per heavy atom. The van der Waals surface area contributed by atoms with Gasteiger partial charge in [0.25, 0.3) is 0 Å². The number of methoxy groups -OCH3 is 1. The number of fused-ring (bicyclic) bond motifs is 1. The monoisotopic (exact) mass is 340 g/mol. The number of imidazole rings is 1. The number of carbonyl (C=O) groups excluding carboxylic acids is 1. The molecule has 25 heavy (non-hydrogen) atoms. The Balaban J connectivity index is 1.34. The zero-order valence-electron chi connectivity index (χ0n) is 14.6. The summed E-state index contributed by atoms with van der Waals surface area (Å²) in [7, 11) is 1.68. The van der Waals surface area contributed by atoms with Gasteiger partial charge in [-0.15, -0.1) is 0 Å². The van der Waals surface area contributed by atoms with Crippen molar-refractivity contribution in [3.05, 3.63) is 42.0 Å². The van der Waals surface area contributed by atoms with Gasteiger partial charge in [-0.1, -0.05) is 0 Å². The van der Waals surface area contributed by atoms with Gasteiger partial charge in [0.2, 0.25) is 5.91 Å². The molecule has 1 saturated heterocycles. The number of H-pyrrole nitrogens is 1. The highest BCUT2D eigenvalue weighted by Crippen LogP contribution is 2.26. The zero-order valence-corrected chi connectivity index (χ0v) is 14.6. The second-order valence-corrected chi connectivity index (χ2v) is 6.78. The van der Waals surface area contributed by atoms with Crippen LogP contribution >= 0.6 is 0 Å². The van der Waals surface area contributed by atoms with Gasteiger partial charge in [0.05, 0.1) is 19.1 Å². The number of piperazine rings is 1. The summed E-state index contributed by atoms with van der Waals surface area (Å²) in [4.78, 5) is 24.7. The third-order valence-electron chi connectivity index (χ3n) is 5.37. The van der Waals surface area contributed by atoms with Crippen molar-refractivity contribution in [1.29, 1.82) is 0 Å². The molecule has 1 amide bonds. The van der Waals surface area contributed by atoms with E-state index in [1.54, 1.807) is 13.4 Å². The fraction of sp³-hybridized carbons (Fsp3) is 0.474. The van der Waals surface area contributed by atoms with E-state index in [0.717, 1.165) is 62.6 Å². The molecule has 1 unspecified atom stereocenters. The number of nitrogens with one attached hydrogen (secondary N) is 1. The molecule has 6 heteroatoms. The number of aromatic amines is 1. The summed E-state index contributed by atoms with van der Waals surface area (Å²) in [5, 5.41) is 0. The van der Waals surface area contributed by atoms with Gasteiger partial charge in [0.1, 0.15) is 5.75 Å². The maximum absolute atomic E-state index is 12.9. The fourth-order valence-electron chi connectivity index (χ4n) is 3.85. The molecule has 1 aromatic heterocycles. The minimum Gasteiger partial charge on any atom is -0.497 e. The number of anilines is 1. The van der Waals surface area contributed by atoms with E-state index >= 15 is 0 Å². The number of benzene rings is 1. The van der Waals surface area contributed by atoms with E-state index in [4.69, 9.17) is 4.74 Å². The van der Waals surface area contributed by atoms with Crippen LogP contribution in [0.3, 0.4) is 0 Å². The van der Waals surface area contributed by atoms with Crippen molar-refractivity contribution in [3.63, 3.8) is 0 Å². The van der Waals surface area contributed by atoms with Gasteiger partial charge in [-0.2, -0.15) is 0 Å². The number of rotatable bonds is 3. The molecule has 0 bridgehead atoms. The summed E-state index contributed by atoms with van der Waals surface area (Å²) in [6.07, 6.45) is 4.36. The molecular formula is C19H24N4O2. The maximum Gasteiger partial charge on any atom is 0.226 e. The van der Waals surface area contributed by atoms with Gasteiger partial charge >= 0.3 is 0 Å². The van der Waals surface area contributed by atoms with Crippen LogP contribution in [0.15, 0.2) is 30.6 Å². The predicted octanol–water partition coefficient (Wildman–Crippen LogP) is 1.87. The summed E-state index contributed by atoms with van der Waals surface area (Å²) in [5.41, 5.74) is 3.46. The number of amides is 1. The molecule has 2 aromatic rings. The summed E-state index contributed by atoms with van der Waals surface area (Å²) < 4.78 is 5.21. The number of aryl methyl sites for hydroxylation is 1. The van der Waals surface area contributed by atoms with Crippen LogP contribution in [0.5, 0.6) is 5.75 Å². The summed E-state index contributed by atoms with van der Waals surface area (Å²) in [6, 6.07) is 8.13. The molecule has 1 aromatic carbocycles. The Labute approximate surface area is 147 Å². The predicted molar refractivity (Wildman–Crippen MR) is 95.9 cm³/mol. The second-order valence-electron chi connectivity index (χ2n) is 6.78. The molecule has 2 heterocycles. The van der Waals surface area contributed by atoms with Gasteiger partial charge in [0, 0.05) is 49.9 Å². The number of hydrogen-bond donors (Lipinski definition) is 1. The minimum absolute atomic E-state index is 0.0977. The highest BCUT2D eigenvalue weighted by molar-refractivity contribution is 5.79. The molecule has 2 aliphatic rings. The number of carbonyl (C=O) groups is 1. The second kappa shape index (κ2) is 6.78. The van der Waals surface area contributed by atoms with Gasteiger partial charge in [-0.3, -0.25) is 4.79 Å². The van der Waals surface area contributed by atoms with Crippen molar-refractivity contribution in [2.45, 2.75) is 19.3 Å². The molecule has 1 fully saturated rings. The van der Waals surface area contributed by atoms with Crippen LogP contribution in [0.4, 0.5) is 5.69 Å². The van der Waals surface area contributed by atoms with Crippen LogP contribution in [0.1, 0.15) is 17.8 Å². The van der Waals surface area contributed by atoms with E-state index in [1.165, 1.54) is 5.69 Å². The van der Waals surface area contributed by atoms with Crippen LogP contribution in [-0.2, 0) is 17.6 Å². The van der Waals surface area contributed by atoms with Crippen molar-refractivity contribution in [2.75, 3.05) is 38.2 Å². The molecule has 1 atom stereocenters. The fourth-order valence-corrected chi connectivity index (χ4v) is 3.85. The Kier molecular flexibility index (Phi) is 4.34. The van der Waals surface area contributed by atoms with Gasteiger partial charge in [-0.25, -0.2) is 4.98 Å². The number of ether oxygens (including phenoxy) is 1. The van der Waals surface area contributed by atoms with Crippen LogP contribution < -0.4 is 9.64 Å². The molecule has 0 saturated carbocycles. The SMILES string of the molecule is COc1ccc(N2CCN(C(=O)C3CCc4nc[nH]c4C3)CC2)cc1. The molecule has 4 rings (SSSR count). The van der Waals surface area contributed by atoms with E-state index in [-0.39, 0.29) is 5.92 Å². The largest absolute Gasteiger partial charge is 0.497 e. The van der Waals surface area contributed by atoms with Crippen LogP contribution in [0.2, 0.25) is 0 Å². The quantitative estimate of drug-likeness (QED) is 0.927. The van der Waals surface area contributed by atoms with Crippen LogP contribution in [0.25, 0.3) is 0 Å². The molecule has 1 N–H and O–H groups in total. The first-order chi connectivity index (χ1) is 12.2. The third kappa shape index (κ3) is 3.21. The van der Waals surface area contributed by atoms with Crippen molar-refractivity contribution in [2.24, 2.45) is 5.92 Å². The van der Waals surface area contributed by atoms with Crippen LogP contribution in [-0.4, -0.2) is 54.1 Å². The summed E-state index contributed by atoms with van der Waals surface area (Å²) in [5.74, 6) is 1.27.